The summed E-state index contributed by atoms with van der Waals surface area (Å²) in [5, 5.41) is 5.99. The van der Waals surface area contributed by atoms with Gasteiger partial charge in [-0.1, -0.05) is 18.2 Å². The third-order valence-electron chi connectivity index (χ3n) is 2.87. The van der Waals surface area contributed by atoms with Gasteiger partial charge in [-0.25, -0.2) is 0 Å². The molecule has 0 heterocycles. The molecule has 1 atom stereocenters. The molecule has 0 saturated heterocycles. The SMILES string of the molecule is CCOc1ccccc1CNC(C)C(=O)NCCOC. The Morgan fingerprint density at radius 2 is 2.10 bits per heavy atom. The first-order valence-electron chi connectivity index (χ1n) is 6.89. The molecule has 0 bridgehead atoms. The summed E-state index contributed by atoms with van der Waals surface area (Å²) in [5.41, 5.74) is 1.05. The first-order chi connectivity index (χ1) is 9.69. The second-order valence-electron chi connectivity index (χ2n) is 4.43. The van der Waals surface area contributed by atoms with Gasteiger partial charge < -0.3 is 20.1 Å². The van der Waals surface area contributed by atoms with Gasteiger partial charge in [0, 0.05) is 25.8 Å². The first-order valence-corrected chi connectivity index (χ1v) is 6.89. The maximum absolute atomic E-state index is 11.8. The van der Waals surface area contributed by atoms with Gasteiger partial charge in [0.25, 0.3) is 0 Å². The van der Waals surface area contributed by atoms with Gasteiger partial charge in [-0.2, -0.15) is 0 Å². The van der Waals surface area contributed by atoms with Crippen LogP contribution in [-0.2, 0) is 16.1 Å². The van der Waals surface area contributed by atoms with Gasteiger partial charge in [0.05, 0.1) is 19.3 Å². The zero-order chi connectivity index (χ0) is 14.8. The summed E-state index contributed by atoms with van der Waals surface area (Å²) in [6.07, 6.45) is 0. The molecule has 0 aliphatic heterocycles. The molecule has 5 heteroatoms. The number of para-hydroxylation sites is 1. The van der Waals surface area contributed by atoms with Crippen LogP contribution >= 0.6 is 0 Å². The number of methoxy groups -OCH3 is 1. The predicted octanol–water partition coefficient (Wildman–Crippen LogP) is 1.33. The zero-order valence-electron chi connectivity index (χ0n) is 12.4. The molecule has 5 nitrogen and oxygen atoms in total. The molecular weight excluding hydrogens is 256 g/mol. The van der Waals surface area contributed by atoms with Crippen molar-refractivity contribution in [3.63, 3.8) is 0 Å². The van der Waals surface area contributed by atoms with E-state index < -0.39 is 0 Å². The number of carbonyl (C=O) groups excluding carboxylic acids is 1. The molecule has 20 heavy (non-hydrogen) atoms. The molecule has 1 amide bonds. The number of ether oxygens (including phenoxy) is 2. The summed E-state index contributed by atoms with van der Waals surface area (Å²) >= 11 is 0. The number of benzene rings is 1. The maximum Gasteiger partial charge on any atom is 0.236 e. The van der Waals surface area contributed by atoms with E-state index in [-0.39, 0.29) is 11.9 Å². The van der Waals surface area contributed by atoms with Crippen LogP contribution in [0.15, 0.2) is 24.3 Å². The molecule has 1 rings (SSSR count). The van der Waals surface area contributed by atoms with E-state index in [4.69, 9.17) is 9.47 Å². The average Bonchev–Trinajstić information content (AvgIpc) is 2.46. The van der Waals surface area contributed by atoms with E-state index in [0.717, 1.165) is 11.3 Å². The number of hydrogen-bond donors (Lipinski definition) is 2. The highest BCUT2D eigenvalue weighted by Crippen LogP contribution is 2.17. The summed E-state index contributed by atoms with van der Waals surface area (Å²) < 4.78 is 10.4. The largest absolute Gasteiger partial charge is 0.494 e. The van der Waals surface area contributed by atoms with Crippen molar-refractivity contribution >= 4 is 5.91 Å². The highest BCUT2D eigenvalue weighted by molar-refractivity contribution is 5.81. The van der Waals surface area contributed by atoms with Gasteiger partial charge in [-0.05, 0) is 19.9 Å². The first kappa shape index (κ1) is 16.5. The van der Waals surface area contributed by atoms with Crippen molar-refractivity contribution in [2.45, 2.75) is 26.4 Å². The fraction of sp³-hybridized carbons (Fsp3) is 0.533. The smallest absolute Gasteiger partial charge is 0.236 e. The van der Waals surface area contributed by atoms with Crippen molar-refractivity contribution in [2.24, 2.45) is 0 Å². The van der Waals surface area contributed by atoms with Crippen LogP contribution in [0.4, 0.5) is 0 Å². The number of rotatable bonds is 9. The number of nitrogens with one attached hydrogen (secondary N) is 2. The van der Waals surface area contributed by atoms with Crippen LogP contribution in [-0.4, -0.2) is 38.8 Å². The van der Waals surface area contributed by atoms with Gasteiger partial charge in [-0.3, -0.25) is 4.79 Å². The quantitative estimate of drug-likeness (QED) is 0.670. The Morgan fingerprint density at radius 3 is 2.80 bits per heavy atom. The normalized spacial score (nSPS) is 11.9. The molecule has 0 aliphatic carbocycles. The van der Waals surface area contributed by atoms with Crippen LogP contribution in [0.25, 0.3) is 0 Å². The Morgan fingerprint density at radius 1 is 1.35 bits per heavy atom. The van der Waals surface area contributed by atoms with Crippen molar-refractivity contribution in [1.82, 2.24) is 10.6 Å². The Labute approximate surface area is 120 Å². The third kappa shape index (κ3) is 5.59. The minimum Gasteiger partial charge on any atom is -0.494 e. The van der Waals surface area contributed by atoms with E-state index in [9.17, 15) is 4.79 Å². The molecule has 1 aromatic carbocycles. The Hall–Kier alpha value is -1.59. The fourth-order valence-corrected chi connectivity index (χ4v) is 1.73. The molecular formula is C15H24N2O3. The molecule has 2 N–H and O–H groups in total. The standard InChI is InChI=1S/C15H24N2O3/c1-4-20-14-8-6-5-7-13(14)11-17-12(2)15(18)16-9-10-19-3/h5-8,12,17H,4,9-11H2,1-3H3,(H,16,18). The summed E-state index contributed by atoms with van der Waals surface area (Å²) in [5.74, 6) is 0.824. The predicted molar refractivity (Wildman–Crippen MR) is 78.8 cm³/mol. The average molecular weight is 280 g/mol. The number of hydrogen-bond acceptors (Lipinski definition) is 4. The molecule has 0 radical (unpaired) electrons. The molecule has 0 fully saturated rings. The second kappa shape index (κ2) is 9.34. The highest BCUT2D eigenvalue weighted by Gasteiger charge is 2.12. The van der Waals surface area contributed by atoms with Crippen molar-refractivity contribution in [3.8, 4) is 5.75 Å². The summed E-state index contributed by atoms with van der Waals surface area (Å²) in [7, 11) is 1.61. The van der Waals surface area contributed by atoms with Crippen LogP contribution in [0.2, 0.25) is 0 Å². The lowest BCUT2D eigenvalue weighted by Crippen LogP contribution is -2.42. The summed E-state index contributed by atoms with van der Waals surface area (Å²) in [6, 6.07) is 7.57. The minimum absolute atomic E-state index is 0.0315. The van der Waals surface area contributed by atoms with E-state index in [1.54, 1.807) is 7.11 Å². The van der Waals surface area contributed by atoms with E-state index in [1.165, 1.54) is 0 Å². The third-order valence-corrected chi connectivity index (χ3v) is 2.87. The maximum atomic E-state index is 11.8. The van der Waals surface area contributed by atoms with Crippen molar-refractivity contribution < 1.29 is 14.3 Å². The minimum atomic E-state index is -0.262. The fourth-order valence-electron chi connectivity index (χ4n) is 1.73. The van der Waals surface area contributed by atoms with Crippen molar-refractivity contribution in [1.29, 1.82) is 0 Å². The Balaban J connectivity index is 2.44. The molecule has 0 spiro atoms. The van der Waals surface area contributed by atoms with Crippen LogP contribution in [0.1, 0.15) is 19.4 Å². The number of amides is 1. The van der Waals surface area contributed by atoms with Gasteiger partial charge in [0.15, 0.2) is 0 Å². The summed E-state index contributed by atoms with van der Waals surface area (Å²) in [4.78, 5) is 11.8. The highest BCUT2D eigenvalue weighted by atomic mass is 16.5. The van der Waals surface area contributed by atoms with Gasteiger partial charge in [-0.15, -0.1) is 0 Å². The molecule has 0 saturated carbocycles. The Bertz CT molecular complexity index is 410. The van der Waals surface area contributed by atoms with Crippen molar-refractivity contribution in [3.05, 3.63) is 29.8 Å². The topological polar surface area (TPSA) is 59.6 Å². The lowest BCUT2D eigenvalue weighted by molar-refractivity contribution is -0.123. The molecule has 1 aromatic rings. The lowest BCUT2D eigenvalue weighted by Gasteiger charge is -2.15. The molecule has 1 unspecified atom stereocenters. The van der Waals surface area contributed by atoms with Crippen molar-refractivity contribution in [2.75, 3.05) is 26.9 Å². The van der Waals surface area contributed by atoms with E-state index in [2.05, 4.69) is 10.6 Å². The van der Waals surface area contributed by atoms with Crippen LogP contribution < -0.4 is 15.4 Å². The van der Waals surface area contributed by atoms with Gasteiger partial charge in [0.1, 0.15) is 5.75 Å². The Kier molecular flexibility index (Phi) is 7.69. The molecule has 0 aromatic heterocycles. The monoisotopic (exact) mass is 280 g/mol. The van der Waals surface area contributed by atoms with E-state index in [1.807, 2.05) is 38.1 Å². The molecule has 112 valence electrons. The van der Waals surface area contributed by atoms with Crippen LogP contribution in [0.5, 0.6) is 5.75 Å². The van der Waals surface area contributed by atoms with E-state index >= 15 is 0 Å². The number of carbonyl (C=O) groups is 1. The van der Waals surface area contributed by atoms with Gasteiger partial charge >= 0.3 is 0 Å². The molecule has 0 aliphatic rings. The van der Waals surface area contributed by atoms with Crippen LogP contribution in [0, 0.1) is 0 Å². The van der Waals surface area contributed by atoms with E-state index in [0.29, 0.717) is 26.3 Å². The van der Waals surface area contributed by atoms with Crippen LogP contribution in [0.3, 0.4) is 0 Å². The lowest BCUT2D eigenvalue weighted by atomic mass is 10.2. The van der Waals surface area contributed by atoms with Gasteiger partial charge in [0.2, 0.25) is 5.91 Å². The summed E-state index contributed by atoms with van der Waals surface area (Å²) in [6.45, 7) is 6.06. The second-order valence-corrected chi connectivity index (χ2v) is 4.43. The zero-order valence-corrected chi connectivity index (χ0v) is 12.4.